The summed E-state index contributed by atoms with van der Waals surface area (Å²) in [6.07, 6.45) is 5.47. The number of pyridine rings is 2. The number of carboxylic acid groups (broad SMARTS) is 1. The van der Waals surface area contributed by atoms with E-state index in [1.54, 1.807) is 24.5 Å². The predicted molar refractivity (Wildman–Crippen MR) is 90.5 cm³/mol. The fraction of sp³-hybridized carbons (Fsp3) is 0.353. The van der Waals surface area contributed by atoms with E-state index in [-0.39, 0.29) is 16.8 Å². The molecule has 2 aromatic rings. The largest absolute Gasteiger partial charge is 0.476 e. The molecule has 0 spiro atoms. The molecule has 1 aliphatic rings. The van der Waals surface area contributed by atoms with Crippen molar-refractivity contribution in [2.45, 2.75) is 25.6 Å². The summed E-state index contributed by atoms with van der Waals surface area (Å²) in [7, 11) is 0. The van der Waals surface area contributed by atoms with E-state index in [1.807, 2.05) is 12.1 Å². The van der Waals surface area contributed by atoms with Crippen LogP contribution >= 0.6 is 11.6 Å². The topological polar surface area (TPSA) is 75.5 Å². The fourth-order valence-electron chi connectivity index (χ4n) is 2.71. The first kappa shape index (κ1) is 16.7. The summed E-state index contributed by atoms with van der Waals surface area (Å²) in [6, 6.07) is 7.23. The predicted octanol–water partition coefficient (Wildman–Crippen LogP) is 3.01. The maximum Gasteiger partial charge on any atom is 0.356 e. The summed E-state index contributed by atoms with van der Waals surface area (Å²) in [5.41, 5.74) is 0.953. The number of ether oxygens (including phenoxy) is 1. The number of piperidine rings is 1. The Kier molecular flexibility index (Phi) is 5.27. The highest BCUT2D eigenvalue weighted by molar-refractivity contribution is 6.33. The average molecular weight is 348 g/mol. The van der Waals surface area contributed by atoms with E-state index in [4.69, 9.17) is 21.4 Å². The molecule has 2 aromatic heterocycles. The second-order valence-electron chi connectivity index (χ2n) is 5.66. The molecule has 0 aliphatic carbocycles. The second-order valence-corrected chi connectivity index (χ2v) is 6.07. The van der Waals surface area contributed by atoms with Crippen molar-refractivity contribution >= 4 is 23.4 Å². The summed E-state index contributed by atoms with van der Waals surface area (Å²) in [6.45, 7) is 2.09. The van der Waals surface area contributed by atoms with Crippen LogP contribution in [0.15, 0.2) is 36.7 Å². The van der Waals surface area contributed by atoms with Gasteiger partial charge in [-0.3, -0.25) is 4.98 Å². The summed E-state index contributed by atoms with van der Waals surface area (Å²) in [5.74, 6) is -0.473. The van der Waals surface area contributed by atoms with Gasteiger partial charge in [-0.15, -0.1) is 0 Å². The van der Waals surface area contributed by atoms with E-state index in [0.29, 0.717) is 12.4 Å². The molecular formula is C17H18ClN3O3. The van der Waals surface area contributed by atoms with Gasteiger partial charge in [-0.2, -0.15) is 0 Å². The summed E-state index contributed by atoms with van der Waals surface area (Å²) >= 11 is 5.87. The van der Waals surface area contributed by atoms with Crippen LogP contribution < -0.4 is 4.90 Å². The van der Waals surface area contributed by atoms with E-state index < -0.39 is 5.97 Å². The molecule has 3 heterocycles. The molecule has 0 unspecified atom stereocenters. The van der Waals surface area contributed by atoms with Crippen LogP contribution in [0, 0.1) is 0 Å². The van der Waals surface area contributed by atoms with Crippen LogP contribution in [0.1, 0.15) is 28.9 Å². The number of aromatic nitrogens is 2. The number of carboxylic acids is 1. The van der Waals surface area contributed by atoms with Gasteiger partial charge < -0.3 is 14.7 Å². The lowest BCUT2D eigenvalue weighted by Gasteiger charge is -2.32. The smallest absolute Gasteiger partial charge is 0.356 e. The molecule has 126 valence electrons. The number of carbonyl (C=O) groups is 1. The van der Waals surface area contributed by atoms with Gasteiger partial charge in [0.25, 0.3) is 0 Å². The van der Waals surface area contributed by atoms with E-state index in [0.717, 1.165) is 31.5 Å². The number of aromatic carboxylic acids is 1. The van der Waals surface area contributed by atoms with E-state index >= 15 is 0 Å². The molecule has 1 fully saturated rings. The summed E-state index contributed by atoms with van der Waals surface area (Å²) < 4.78 is 5.93. The van der Waals surface area contributed by atoms with Gasteiger partial charge >= 0.3 is 5.97 Å². The van der Waals surface area contributed by atoms with Crippen molar-refractivity contribution in [3.05, 3.63) is 52.9 Å². The average Bonchev–Trinajstić information content (AvgIpc) is 2.61. The number of halogens is 1. The van der Waals surface area contributed by atoms with Gasteiger partial charge in [-0.1, -0.05) is 17.7 Å². The van der Waals surface area contributed by atoms with Crippen LogP contribution in [0.2, 0.25) is 5.02 Å². The molecular weight excluding hydrogens is 330 g/mol. The molecule has 7 heteroatoms. The van der Waals surface area contributed by atoms with Gasteiger partial charge in [0.1, 0.15) is 5.82 Å². The lowest BCUT2D eigenvalue weighted by molar-refractivity contribution is 0.0249. The molecule has 24 heavy (non-hydrogen) atoms. The Hall–Kier alpha value is -2.18. The van der Waals surface area contributed by atoms with Crippen molar-refractivity contribution in [3.8, 4) is 0 Å². The summed E-state index contributed by atoms with van der Waals surface area (Å²) in [5, 5.41) is 9.27. The van der Waals surface area contributed by atoms with Crippen molar-refractivity contribution in [1.82, 2.24) is 9.97 Å². The highest BCUT2D eigenvalue weighted by atomic mass is 35.5. The van der Waals surface area contributed by atoms with Crippen LogP contribution in [-0.2, 0) is 11.3 Å². The van der Waals surface area contributed by atoms with Gasteiger partial charge in [0, 0.05) is 25.5 Å². The molecule has 6 nitrogen and oxygen atoms in total. The Balaban J connectivity index is 1.55. The van der Waals surface area contributed by atoms with Gasteiger partial charge in [-0.05, 0) is 36.6 Å². The monoisotopic (exact) mass is 347 g/mol. The third-order valence-corrected chi connectivity index (χ3v) is 4.31. The van der Waals surface area contributed by atoms with E-state index in [2.05, 4.69) is 14.9 Å². The van der Waals surface area contributed by atoms with Crippen molar-refractivity contribution in [2.24, 2.45) is 0 Å². The van der Waals surface area contributed by atoms with Gasteiger partial charge in [0.05, 0.1) is 17.7 Å². The number of hydrogen-bond acceptors (Lipinski definition) is 5. The highest BCUT2D eigenvalue weighted by Gasteiger charge is 2.22. The van der Waals surface area contributed by atoms with Crippen LogP contribution in [-0.4, -0.2) is 40.2 Å². The van der Waals surface area contributed by atoms with E-state index in [1.165, 1.54) is 0 Å². The highest BCUT2D eigenvalue weighted by Crippen LogP contribution is 2.23. The Morgan fingerprint density at radius 2 is 2.12 bits per heavy atom. The van der Waals surface area contributed by atoms with Crippen LogP contribution in [0.5, 0.6) is 0 Å². The number of rotatable bonds is 5. The van der Waals surface area contributed by atoms with Gasteiger partial charge in [-0.25, -0.2) is 9.78 Å². The van der Waals surface area contributed by atoms with Crippen LogP contribution in [0.25, 0.3) is 0 Å². The maximum atomic E-state index is 11.1. The second kappa shape index (κ2) is 7.59. The Morgan fingerprint density at radius 1 is 1.33 bits per heavy atom. The lowest BCUT2D eigenvalue weighted by atomic mass is 10.1. The Morgan fingerprint density at radius 3 is 2.79 bits per heavy atom. The lowest BCUT2D eigenvalue weighted by Crippen LogP contribution is -2.37. The third-order valence-electron chi connectivity index (χ3n) is 4.01. The molecule has 0 atom stereocenters. The molecule has 0 amide bonds. The molecule has 1 aliphatic heterocycles. The maximum absolute atomic E-state index is 11.1. The molecule has 0 aromatic carbocycles. The van der Waals surface area contributed by atoms with Crippen LogP contribution in [0.3, 0.4) is 0 Å². The standard InChI is InChI=1S/C17H18ClN3O3/c18-14-3-4-15(20-16(14)17(22)23)21-8-5-13(6-9-21)24-11-12-2-1-7-19-10-12/h1-4,7,10,13H,5-6,8-9,11H2,(H,22,23). The number of anilines is 1. The zero-order chi connectivity index (χ0) is 16.9. The van der Waals surface area contributed by atoms with E-state index in [9.17, 15) is 4.79 Å². The summed E-state index contributed by atoms with van der Waals surface area (Å²) in [4.78, 5) is 21.4. The van der Waals surface area contributed by atoms with Gasteiger partial charge in [0.2, 0.25) is 0 Å². The first-order valence-electron chi connectivity index (χ1n) is 7.79. The molecule has 0 radical (unpaired) electrons. The fourth-order valence-corrected chi connectivity index (χ4v) is 2.89. The van der Waals surface area contributed by atoms with Crippen LogP contribution in [0.4, 0.5) is 5.82 Å². The van der Waals surface area contributed by atoms with Crippen molar-refractivity contribution in [2.75, 3.05) is 18.0 Å². The first-order valence-corrected chi connectivity index (χ1v) is 8.16. The SMILES string of the molecule is O=C(O)c1nc(N2CCC(OCc3cccnc3)CC2)ccc1Cl. The van der Waals surface area contributed by atoms with Crippen molar-refractivity contribution < 1.29 is 14.6 Å². The van der Waals surface area contributed by atoms with Gasteiger partial charge in [0.15, 0.2) is 5.69 Å². The molecule has 1 N–H and O–H groups in total. The quantitative estimate of drug-likeness (QED) is 0.896. The minimum absolute atomic E-state index is 0.107. The van der Waals surface area contributed by atoms with Crippen molar-refractivity contribution in [3.63, 3.8) is 0 Å². The molecule has 1 saturated heterocycles. The Bertz CT molecular complexity index is 703. The number of nitrogens with zero attached hydrogens (tertiary/aromatic N) is 3. The van der Waals surface area contributed by atoms with Crippen molar-refractivity contribution in [1.29, 1.82) is 0 Å². The first-order chi connectivity index (χ1) is 11.6. The minimum Gasteiger partial charge on any atom is -0.476 e. The molecule has 3 rings (SSSR count). The zero-order valence-electron chi connectivity index (χ0n) is 13.1. The number of hydrogen-bond donors (Lipinski definition) is 1. The normalized spacial score (nSPS) is 15.5. The zero-order valence-corrected chi connectivity index (χ0v) is 13.8. The molecule has 0 saturated carbocycles. The molecule has 0 bridgehead atoms. The minimum atomic E-state index is -1.11. The Labute approximate surface area is 145 Å². The third kappa shape index (κ3) is 4.01.